The Morgan fingerprint density at radius 3 is 2.80 bits per heavy atom. The van der Waals surface area contributed by atoms with Gasteiger partial charge in [0.05, 0.1) is 0 Å². The minimum Gasteiger partial charge on any atom is -0.373 e. The molecule has 2 atom stereocenters. The first kappa shape index (κ1) is 10.0. The molecule has 82 valence electrons. The molecular formula is C10H17N5. The summed E-state index contributed by atoms with van der Waals surface area (Å²) in [5.41, 5.74) is 5.60. The van der Waals surface area contributed by atoms with Crippen molar-refractivity contribution in [1.82, 2.24) is 9.97 Å². The van der Waals surface area contributed by atoms with E-state index >= 15 is 0 Å². The van der Waals surface area contributed by atoms with Crippen molar-refractivity contribution in [2.24, 2.45) is 5.92 Å². The van der Waals surface area contributed by atoms with Crippen LogP contribution in [0.25, 0.3) is 0 Å². The third-order valence-electron chi connectivity index (χ3n) is 2.78. The predicted molar refractivity (Wildman–Crippen MR) is 61.8 cm³/mol. The fraction of sp³-hybridized carbons (Fsp3) is 0.600. The Morgan fingerprint density at radius 2 is 2.20 bits per heavy atom. The molecular weight excluding hydrogens is 190 g/mol. The van der Waals surface area contributed by atoms with Gasteiger partial charge in [0.1, 0.15) is 11.6 Å². The largest absolute Gasteiger partial charge is 0.373 e. The Balaban J connectivity index is 2.05. The summed E-state index contributed by atoms with van der Waals surface area (Å²) in [6.45, 7) is 2.21. The fourth-order valence-corrected chi connectivity index (χ4v) is 1.73. The molecule has 0 bridgehead atoms. The van der Waals surface area contributed by atoms with Crippen LogP contribution in [0.5, 0.6) is 0 Å². The smallest absolute Gasteiger partial charge is 0.223 e. The first-order valence-corrected chi connectivity index (χ1v) is 5.31. The number of hydrogen-bond acceptors (Lipinski definition) is 5. The number of aromatic nitrogens is 2. The number of nitrogens with two attached hydrogens (primary N) is 1. The molecule has 1 fully saturated rings. The maximum absolute atomic E-state index is 5.60. The molecule has 0 radical (unpaired) electrons. The highest BCUT2D eigenvalue weighted by Gasteiger charge is 2.35. The lowest BCUT2D eigenvalue weighted by molar-refractivity contribution is 0.773. The van der Waals surface area contributed by atoms with E-state index in [-0.39, 0.29) is 0 Å². The average Bonchev–Trinajstić information content (AvgIpc) is 2.95. The van der Waals surface area contributed by atoms with Crippen LogP contribution in [0, 0.1) is 5.92 Å². The van der Waals surface area contributed by atoms with Crippen molar-refractivity contribution in [2.75, 3.05) is 23.4 Å². The van der Waals surface area contributed by atoms with Gasteiger partial charge in [0.25, 0.3) is 0 Å². The second-order valence-electron chi connectivity index (χ2n) is 3.90. The quantitative estimate of drug-likeness (QED) is 0.694. The lowest BCUT2D eigenvalue weighted by Gasteiger charge is -2.07. The summed E-state index contributed by atoms with van der Waals surface area (Å²) in [4.78, 5) is 8.18. The molecule has 0 amide bonds. The van der Waals surface area contributed by atoms with E-state index in [0.717, 1.165) is 17.6 Å². The van der Waals surface area contributed by atoms with Gasteiger partial charge in [-0.1, -0.05) is 13.3 Å². The standard InChI is InChI=1S/C10H17N5/c1-3-6-4-7(6)13-9-5-8(12-2)14-10(11)15-9/h5-7H,3-4H2,1-2H3,(H4,11,12,13,14,15). The number of hydrogen-bond donors (Lipinski definition) is 3. The minimum atomic E-state index is 0.304. The van der Waals surface area contributed by atoms with Gasteiger partial charge in [-0.25, -0.2) is 0 Å². The lowest BCUT2D eigenvalue weighted by atomic mass is 10.3. The molecule has 2 unspecified atom stereocenters. The molecule has 15 heavy (non-hydrogen) atoms. The van der Waals surface area contributed by atoms with Gasteiger partial charge in [-0.3, -0.25) is 0 Å². The first-order chi connectivity index (χ1) is 7.22. The van der Waals surface area contributed by atoms with Crippen molar-refractivity contribution in [1.29, 1.82) is 0 Å². The van der Waals surface area contributed by atoms with E-state index in [0.29, 0.717) is 12.0 Å². The molecule has 1 saturated carbocycles. The zero-order valence-electron chi connectivity index (χ0n) is 9.12. The summed E-state index contributed by atoms with van der Waals surface area (Å²) >= 11 is 0. The number of nitrogens with one attached hydrogen (secondary N) is 2. The highest BCUT2D eigenvalue weighted by molar-refractivity contribution is 5.51. The topological polar surface area (TPSA) is 75.9 Å². The van der Waals surface area contributed by atoms with E-state index in [9.17, 15) is 0 Å². The molecule has 0 aliphatic heterocycles. The van der Waals surface area contributed by atoms with Crippen LogP contribution in [0.15, 0.2) is 6.07 Å². The third-order valence-corrected chi connectivity index (χ3v) is 2.78. The van der Waals surface area contributed by atoms with Gasteiger partial charge < -0.3 is 16.4 Å². The summed E-state index contributed by atoms with van der Waals surface area (Å²) in [6.07, 6.45) is 2.45. The Morgan fingerprint density at radius 1 is 1.47 bits per heavy atom. The summed E-state index contributed by atoms with van der Waals surface area (Å²) in [5.74, 6) is 2.66. The van der Waals surface area contributed by atoms with E-state index in [2.05, 4.69) is 27.5 Å². The number of nitrogen functional groups attached to an aromatic ring is 1. The molecule has 0 aromatic carbocycles. The van der Waals surface area contributed by atoms with Gasteiger partial charge in [0.2, 0.25) is 5.95 Å². The van der Waals surface area contributed by atoms with E-state index < -0.39 is 0 Å². The second kappa shape index (κ2) is 3.92. The van der Waals surface area contributed by atoms with Gasteiger partial charge in [0.15, 0.2) is 0 Å². The highest BCUT2D eigenvalue weighted by Crippen LogP contribution is 2.35. The SMILES string of the molecule is CCC1CC1Nc1cc(NC)nc(N)n1. The van der Waals surface area contributed by atoms with Gasteiger partial charge in [-0.2, -0.15) is 9.97 Å². The molecule has 1 aliphatic carbocycles. The van der Waals surface area contributed by atoms with Crippen molar-refractivity contribution in [3.63, 3.8) is 0 Å². The average molecular weight is 207 g/mol. The maximum atomic E-state index is 5.60. The first-order valence-electron chi connectivity index (χ1n) is 5.31. The Bertz CT molecular complexity index is 352. The van der Waals surface area contributed by atoms with E-state index in [1.807, 2.05) is 13.1 Å². The fourth-order valence-electron chi connectivity index (χ4n) is 1.73. The Labute approximate surface area is 89.5 Å². The molecule has 0 saturated heterocycles. The Hall–Kier alpha value is -1.52. The second-order valence-corrected chi connectivity index (χ2v) is 3.90. The third kappa shape index (κ3) is 2.29. The van der Waals surface area contributed by atoms with Gasteiger partial charge in [0, 0.05) is 19.2 Å². The molecule has 5 heteroatoms. The van der Waals surface area contributed by atoms with E-state index in [4.69, 9.17) is 5.73 Å². The van der Waals surface area contributed by atoms with Crippen LogP contribution in [-0.4, -0.2) is 23.1 Å². The van der Waals surface area contributed by atoms with Crippen LogP contribution >= 0.6 is 0 Å². The highest BCUT2D eigenvalue weighted by atomic mass is 15.1. The minimum absolute atomic E-state index is 0.304. The molecule has 1 aromatic rings. The van der Waals surface area contributed by atoms with Crippen LogP contribution in [0.4, 0.5) is 17.6 Å². The van der Waals surface area contributed by atoms with E-state index in [1.54, 1.807) is 0 Å². The molecule has 0 spiro atoms. The van der Waals surface area contributed by atoms with Crippen LogP contribution in [0.1, 0.15) is 19.8 Å². The van der Waals surface area contributed by atoms with Crippen LogP contribution in [0.3, 0.4) is 0 Å². The predicted octanol–water partition coefficient (Wildman–Crippen LogP) is 1.31. The van der Waals surface area contributed by atoms with Gasteiger partial charge >= 0.3 is 0 Å². The van der Waals surface area contributed by atoms with Crippen LogP contribution in [-0.2, 0) is 0 Å². The molecule has 1 aromatic heterocycles. The number of nitrogens with zero attached hydrogens (tertiary/aromatic N) is 2. The van der Waals surface area contributed by atoms with Crippen LogP contribution in [0.2, 0.25) is 0 Å². The van der Waals surface area contributed by atoms with Crippen molar-refractivity contribution < 1.29 is 0 Å². The van der Waals surface area contributed by atoms with Gasteiger partial charge in [-0.15, -0.1) is 0 Å². The van der Waals surface area contributed by atoms with Crippen molar-refractivity contribution in [2.45, 2.75) is 25.8 Å². The maximum Gasteiger partial charge on any atom is 0.223 e. The zero-order valence-corrected chi connectivity index (χ0v) is 9.12. The Kier molecular flexibility index (Phi) is 2.62. The molecule has 5 nitrogen and oxygen atoms in total. The molecule has 2 rings (SSSR count). The lowest BCUT2D eigenvalue weighted by Crippen LogP contribution is -2.09. The zero-order chi connectivity index (χ0) is 10.8. The molecule has 1 aliphatic rings. The number of anilines is 3. The van der Waals surface area contributed by atoms with Crippen LogP contribution < -0.4 is 16.4 Å². The van der Waals surface area contributed by atoms with Crippen molar-refractivity contribution in [3.8, 4) is 0 Å². The van der Waals surface area contributed by atoms with Crippen molar-refractivity contribution >= 4 is 17.6 Å². The summed E-state index contributed by atoms with van der Waals surface area (Å²) in [5, 5.41) is 6.32. The van der Waals surface area contributed by atoms with Crippen molar-refractivity contribution in [3.05, 3.63) is 6.07 Å². The molecule has 4 N–H and O–H groups in total. The normalized spacial score (nSPS) is 23.6. The number of rotatable bonds is 4. The monoisotopic (exact) mass is 207 g/mol. The van der Waals surface area contributed by atoms with Gasteiger partial charge in [-0.05, 0) is 12.3 Å². The summed E-state index contributed by atoms with van der Waals surface area (Å²) in [7, 11) is 1.82. The summed E-state index contributed by atoms with van der Waals surface area (Å²) in [6, 6.07) is 2.44. The molecule has 1 heterocycles. The summed E-state index contributed by atoms with van der Waals surface area (Å²) < 4.78 is 0. The van der Waals surface area contributed by atoms with E-state index in [1.165, 1.54) is 12.8 Å².